The predicted octanol–water partition coefficient (Wildman–Crippen LogP) is 4.28. The summed E-state index contributed by atoms with van der Waals surface area (Å²) in [7, 11) is 1.59. The number of methoxy groups -OCH3 is 1. The maximum atomic E-state index is 13.3. The Bertz CT molecular complexity index is 1080. The molecule has 0 radical (unpaired) electrons. The van der Waals surface area contributed by atoms with E-state index in [1.54, 1.807) is 31.4 Å². The third-order valence-corrected chi connectivity index (χ3v) is 5.39. The van der Waals surface area contributed by atoms with Crippen LogP contribution >= 0.6 is 0 Å². The van der Waals surface area contributed by atoms with Crippen LogP contribution in [-0.2, 0) is 11.2 Å². The van der Waals surface area contributed by atoms with Gasteiger partial charge in [0.1, 0.15) is 11.6 Å². The van der Waals surface area contributed by atoms with Crippen molar-refractivity contribution >= 4 is 11.8 Å². The van der Waals surface area contributed by atoms with Gasteiger partial charge in [-0.25, -0.2) is 4.39 Å². The van der Waals surface area contributed by atoms with Crippen molar-refractivity contribution in [1.82, 2.24) is 10.6 Å². The molecule has 2 N–H and O–H groups in total. The minimum absolute atomic E-state index is 0.151. The van der Waals surface area contributed by atoms with Crippen molar-refractivity contribution in [1.29, 1.82) is 0 Å². The maximum Gasteiger partial charge on any atom is 0.251 e. The lowest BCUT2D eigenvalue weighted by atomic mass is 9.98. The molecule has 0 saturated carbocycles. The smallest absolute Gasteiger partial charge is 0.251 e. The van der Waals surface area contributed by atoms with E-state index in [1.165, 1.54) is 12.1 Å². The van der Waals surface area contributed by atoms with E-state index in [4.69, 9.17) is 4.74 Å². The molecule has 0 saturated heterocycles. The van der Waals surface area contributed by atoms with Crippen LogP contribution in [0.25, 0.3) is 0 Å². The van der Waals surface area contributed by atoms with Crippen molar-refractivity contribution < 1.29 is 18.7 Å². The third-order valence-electron chi connectivity index (χ3n) is 5.39. The van der Waals surface area contributed by atoms with E-state index in [9.17, 15) is 14.0 Å². The molecule has 6 heteroatoms. The summed E-state index contributed by atoms with van der Waals surface area (Å²) >= 11 is 0. The van der Waals surface area contributed by atoms with Crippen molar-refractivity contribution in [3.63, 3.8) is 0 Å². The average Bonchev–Trinajstić information content (AvgIpc) is 2.80. The number of hydrogen-bond acceptors (Lipinski definition) is 3. The number of benzene rings is 3. The molecule has 32 heavy (non-hydrogen) atoms. The molecular weight excluding hydrogens is 407 g/mol. The summed E-state index contributed by atoms with van der Waals surface area (Å²) < 4.78 is 18.5. The van der Waals surface area contributed by atoms with Gasteiger partial charge in [-0.2, -0.15) is 0 Å². The summed E-state index contributed by atoms with van der Waals surface area (Å²) in [5, 5.41) is 5.64. The van der Waals surface area contributed by atoms with Crippen LogP contribution < -0.4 is 15.4 Å². The molecular formula is C26H27FN2O3. The maximum absolute atomic E-state index is 13.3. The minimum atomic E-state index is -0.350. The average molecular weight is 435 g/mol. The first-order valence-electron chi connectivity index (χ1n) is 10.4. The Balaban J connectivity index is 1.68. The summed E-state index contributed by atoms with van der Waals surface area (Å²) in [6.07, 6.45) is 0.476. The fraction of sp³-hybridized carbons (Fsp3) is 0.231. The van der Waals surface area contributed by atoms with Gasteiger partial charge in [0.25, 0.3) is 5.91 Å². The largest absolute Gasteiger partial charge is 0.497 e. The van der Waals surface area contributed by atoms with Crippen molar-refractivity contribution in [2.24, 2.45) is 0 Å². The molecule has 0 aliphatic heterocycles. The number of rotatable bonds is 8. The van der Waals surface area contributed by atoms with Gasteiger partial charge < -0.3 is 15.4 Å². The van der Waals surface area contributed by atoms with Crippen LogP contribution in [0.5, 0.6) is 5.75 Å². The topological polar surface area (TPSA) is 67.4 Å². The number of carbonyl (C=O) groups is 2. The minimum Gasteiger partial charge on any atom is -0.497 e. The van der Waals surface area contributed by atoms with E-state index in [-0.39, 0.29) is 30.2 Å². The molecule has 0 aliphatic rings. The second-order valence-corrected chi connectivity index (χ2v) is 7.71. The fourth-order valence-corrected chi connectivity index (χ4v) is 3.34. The molecule has 0 aromatic heterocycles. The predicted molar refractivity (Wildman–Crippen MR) is 122 cm³/mol. The number of ether oxygens (including phenoxy) is 1. The van der Waals surface area contributed by atoms with Crippen LogP contribution in [0.15, 0.2) is 66.7 Å². The number of hydrogen-bond donors (Lipinski definition) is 2. The molecule has 0 fully saturated rings. The second-order valence-electron chi connectivity index (χ2n) is 7.71. The second kappa shape index (κ2) is 10.6. The monoisotopic (exact) mass is 434 g/mol. The van der Waals surface area contributed by atoms with Gasteiger partial charge in [0, 0.05) is 5.56 Å². The fourth-order valence-electron chi connectivity index (χ4n) is 3.34. The molecule has 0 bridgehead atoms. The molecule has 0 spiro atoms. The van der Waals surface area contributed by atoms with Gasteiger partial charge in [-0.3, -0.25) is 9.59 Å². The Hall–Kier alpha value is -3.67. The van der Waals surface area contributed by atoms with Gasteiger partial charge in [-0.1, -0.05) is 30.3 Å². The zero-order valence-corrected chi connectivity index (χ0v) is 18.4. The highest BCUT2D eigenvalue weighted by Crippen LogP contribution is 2.22. The number of nitrogens with one attached hydrogen (secondary N) is 2. The number of halogens is 1. The normalized spacial score (nSPS) is 11.5. The van der Waals surface area contributed by atoms with Crippen LogP contribution in [0.4, 0.5) is 4.39 Å². The highest BCUT2D eigenvalue weighted by Gasteiger charge is 2.17. The first kappa shape index (κ1) is 23.0. The van der Waals surface area contributed by atoms with Gasteiger partial charge >= 0.3 is 0 Å². The molecule has 3 aromatic rings. The van der Waals surface area contributed by atoms with E-state index in [1.807, 2.05) is 44.2 Å². The van der Waals surface area contributed by atoms with E-state index in [2.05, 4.69) is 10.6 Å². The van der Waals surface area contributed by atoms with Gasteiger partial charge in [0.2, 0.25) is 5.91 Å². The van der Waals surface area contributed by atoms with Crippen molar-refractivity contribution in [3.05, 3.63) is 100 Å². The van der Waals surface area contributed by atoms with Gasteiger partial charge in [-0.05, 0) is 78.9 Å². The van der Waals surface area contributed by atoms with E-state index >= 15 is 0 Å². The Morgan fingerprint density at radius 2 is 1.62 bits per heavy atom. The Morgan fingerprint density at radius 3 is 2.25 bits per heavy atom. The molecule has 2 amide bonds. The first-order valence-corrected chi connectivity index (χ1v) is 10.4. The van der Waals surface area contributed by atoms with E-state index < -0.39 is 0 Å². The molecule has 3 aromatic carbocycles. The SMILES string of the molecule is COc1ccc(C(Cc2ccc(F)cc2)NC(=O)CNC(=O)c2ccc(C)c(C)c2)cc1. The zero-order valence-electron chi connectivity index (χ0n) is 18.4. The molecule has 166 valence electrons. The molecule has 1 unspecified atom stereocenters. The zero-order chi connectivity index (χ0) is 23.1. The molecule has 0 aliphatic carbocycles. The van der Waals surface area contributed by atoms with Crippen LogP contribution in [0, 0.1) is 19.7 Å². The first-order chi connectivity index (χ1) is 15.4. The van der Waals surface area contributed by atoms with Gasteiger partial charge in [0.05, 0.1) is 19.7 Å². The quantitative estimate of drug-likeness (QED) is 0.556. The highest BCUT2D eigenvalue weighted by atomic mass is 19.1. The standard InChI is InChI=1S/C26H27FN2O3/c1-17-4-7-21(14-18(17)2)26(31)28-16-25(30)29-24(15-19-5-10-22(27)11-6-19)20-8-12-23(32-3)13-9-20/h4-14,24H,15-16H2,1-3H3,(H,28,31)(H,29,30). The Morgan fingerprint density at radius 1 is 0.938 bits per heavy atom. The number of aryl methyl sites for hydroxylation is 2. The Kier molecular flexibility index (Phi) is 7.60. The van der Waals surface area contributed by atoms with E-state index in [0.29, 0.717) is 17.7 Å². The summed E-state index contributed by atoms with van der Waals surface area (Å²) in [6.45, 7) is 3.76. The van der Waals surface area contributed by atoms with Crippen LogP contribution in [0.2, 0.25) is 0 Å². The van der Waals surface area contributed by atoms with Crippen molar-refractivity contribution in [2.45, 2.75) is 26.3 Å². The van der Waals surface area contributed by atoms with Crippen molar-refractivity contribution in [3.8, 4) is 5.75 Å². The van der Waals surface area contributed by atoms with Gasteiger partial charge in [0.15, 0.2) is 0 Å². The number of amides is 2. The van der Waals surface area contributed by atoms with Crippen LogP contribution in [0.1, 0.15) is 38.7 Å². The van der Waals surface area contributed by atoms with Crippen LogP contribution in [0.3, 0.4) is 0 Å². The third kappa shape index (κ3) is 6.17. The summed E-state index contributed by atoms with van der Waals surface area (Å²) in [5.41, 5.74) is 4.39. The molecule has 0 heterocycles. The molecule has 1 atom stereocenters. The van der Waals surface area contributed by atoms with Gasteiger partial charge in [-0.15, -0.1) is 0 Å². The van der Waals surface area contributed by atoms with Crippen molar-refractivity contribution in [2.75, 3.05) is 13.7 Å². The summed E-state index contributed by atoms with van der Waals surface area (Å²) in [4.78, 5) is 25.1. The Labute approximate surface area is 187 Å². The lowest BCUT2D eigenvalue weighted by molar-refractivity contribution is -0.120. The van der Waals surface area contributed by atoms with Crippen LogP contribution in [-0.4, -0.2) is 25.5 Å². The summed E-state index contributed by atoms with van der Waals surface area (Å²) in [5.74, 6) is -0.220. The lowest BCUT2D eigenvalue weighted by Gasteiger charge is -2.20. The molecule has 5 nitrogen and oxygen atoms in total. The summed E-state index contributed by atoms with van der Waals surface area (Å²) in [6, 6.07) is 18.6. The van der Waals surface area contributed by atoms with E-state index in [0.717, 1.165) is 22.3 Å². The highest BCUT2D eigenvalue weighted by molar-refractivity contribution is 5.96. The number of carbonyl (C=O) groups excluding carboxylic acids is 2. The molecule has 3 rings (SSSR count). The lowest BCUT2D eigenvalue weighted by Crippen LogP contribution is -2.39.